The predicted molar refractivity (Wildman–Crippen MR) is 53.4 cm³/mol. The van der Waals surface area contributed by atoms with E-state index in [1.165, 1.54) is 25.7 Å². The Hall–Kier alpha value is -0.0800. The van der Waals surface area contributed by atoms with Crippen LogP contribution < -0.4 is 5.32 Å². The maximum Gasteiger partial charge on any atom is 0.0462 e. The lowest BCUT2D eigenvalue weighted by atomic mass is 9.98. The molecule has 0 aliphatic heterocycles. The number of hydrogen-bond acceptors (Lipinski definition) is 2. The summed E-state index contributed by atoms with van der Waals surface area (Å²) in [5, 5.41) is 3.24. The molecule has 1 N–H and O–H groups in total. The van der Waals surface area contributed by atoms with Gasteiger partial charge in [-0.05, 0) is 38.8 Å². The Kier molecular flexibility index (Phi) is 8.95. The molecule has 0 fully saturated rings. The van der Waals surface area contributed by atoms with Gasteiger partial charge in [-0.2, -0.15) is 0 Å². The maximum absolute atomic E-state index is 5.03. The van der Waals surface area contributed by atoms with Gasteiger partial charge >= 0.3 is 0 Å². The monoisotopic (exact) mass is 173 g/mol. The quantitative estimate of drug-likeness (QED) is 0.567. The lowest BCUT2D eigenvalue weighted by molar-refractivity contribution is 0.185. The van der Waals surface area contributed by atoms with Gasteiger partial charge in [0.25, 0.3) is 0 Å². The first kappa shape index (κ1) is 11.9. The third-order valence-electron chi connectivity index (χ3n) is 2.15. The molecular formula is C10H23NO. The van der Waals surface area contributed by atoms with Crippen molar-refractivity contribution in [3.05, 3.63) is 0 Å². The molecule has 12 heavy (non-hydrogen) atoms. The molecule has 1 unspecified atom stereocenters. The van der Waals surface area contributed by atoms with Crippen molar-refractivity contribution in [2.45, 2.75) is 32.6 Å². The van der Waals surface area contributed by atoms with Crippen molar-refractivity contribution in [2.75, 3.05) is 27.3 Å². The summed E-state index contributed by atoms with van der Waals surface area (Å²) < 4.78 is 5.03. The number of nitrogens with one attached hydrogen (secondary N) is 1. The van der Waals surface area contributed by atoms with Gasteiger partial charge in [0, 0.05) is 13.7 Å². The summed E-state index contributed by atoms with van der Waals surface area (Å²) in [7, 11) is 3.80. The van der Waals surface area contributed by atoms with Gasteiger partial charge in [0.05, 0.1) is 0 Å². The first-order valence-electron chi connectivity index (χ1n) is 4.98. The van der Waals surface area contributed by atoms with Crippen molar-refractivity contribution in [1.29, 1.82) is 0 Å². The fraction of sp³-hybridized carbons (Fsp3) is 1.00. The van der Waals surface area contributed by atoms with Crippen LogP contribution in [0.1, 0.15) is 32.6 Å². The van der Waals surface area contributed by atoms with E-state index in [0.717, 1.165) is 19.1 Å². The van der Waals surface area contributed by atoms with Crippen molar-refractivity contribution >= 4 is 0 Å². The van der Waals surface area contributed by atoms with Crippen LogP contribution >= 0.6 is 0 Å². The van der Waals surface area contributed by atoms with Gasteiger partial charge in [0.1, 0.15) is 0 Å². The summed E-state index contributed by atoms with van der Waals surface area (Å²) in [4.78, 5) is 0. The van der Waals surface area contributed by atoms with Crippen molar-refractivity contribution in [3.63, 3.8) is 0 Å². The highest BCUT2D eigenvalue weighted by atomic mass is 16.5. The summed E-state index contributed by atoms with van der Waals surface area (Å²) >= 11 is 0. The van der Waals surface area contributed by atoms with E-state index >= 15 is 0 Å². The molecule has 0 bridgehead atoms. The Bertz CT molecular complexity index is 79.9. The van der Waals surface area contributed by atoms with E-state index in [1.807, 2.05) is 7.05 Å². The van der Waals surface area contributed by atoms with E-state index < -0.39 is 0 Å². The molecule has 0 aromatic heterocycles. The zero-order chi connectivity index (χ0) is 9.23. The Morgan fingerprint density at radius 2 is 2.08 bits per heavy atom. The molecule has 0 spiro atoms. The van der Waals surface area contributed by atoms with E-state index in [4.69, 9.17) is 4.74 Å². The Labute approximate surface area is 76.7 Å². The molecule has 74 valence electrons. The van der Waals surface area contributed by atoms with Crippen LogP contribution in [-0.4, -0.2) is 27.3 Å². The molecule has 1 atom stereocenters. The SMILES string of the molecule is CCCC(CCCOC)CNC. The summed E-state index contributed by atoms with van der Waals surface area (Å²) in [6, 6.07) is 0. The van der Waals surface area contributed by atoms with Gasteiger partial charge in [-0.15, -0.1) is 0 Å². The molecule has 0 aliphatic carbocycles. The van der Waals surface area contributed by atoms with Gasteiger partial charge in [-0.25, -0.2) is 0 Å². The average Bonchev–Trinajstić information content (AvgIpc) is 2.06. The zero-order valence-corrected chi connectivity index (χ0v) is 8.73. The Balaban J connectivity index is 3.34. The Morgan fingerprint density at radius 3 is 2.58 bits per heavy atom. The number of rotatable bonds is 8. The number of ether oxygens (including phenoxy) is 1. The highest BCUT2D eigenvalue weighted by Crippen LogP contribution is 2.12. The minimum Gasteiger partial charge on any atom is -0.385 e. The highest BCUT2D eigenvalue weighted by molar-refractivity contribution is 4.60. The predicted octanol–water partition coefficient (Wildman–Crippen LogP) is 2.05. The standard InChI is InChI=1S/C10H23NO/c1-4-6-10(9-11-2)7-5-8-12-3/h10-11H,4-9H2,1-3H3. The van der Waals surface area contributed by atoms with Crippen molar-refractivity contribution in [2.24, 2.45) is 5.92 Å². The van der Waals surface area contributed by atoms with Crippen LogP contribution in [-0.2, 0) is 4.74 Å². The van der Waals surface area contributed by atoms with E-state index in [-0.39, 0.29) is 0 Å². The molecule has 2 nitrogen and oxygen atoms in total. The van der Waals surface area contributed by atoms with Crippen LogP contribution in [0.15, 0.2) is 0 Å². The highest BCUT2D eigenvalue weighted by Gasteiger charge is 2.05. The lowest BCUT2D eigenvalue weighted by Gasteiger charge is -2.14. The first-order valence-corrected chi connectivity index (χ1v) is 4.98. The molecule has 0 saturated heterocycles. The van der Waals surface area contributed by atoms with Crippen molar-refractivity contribution in [3.8, 4) is 0 Å². The van der Waals surface area contributed by atoms with Gasteiger partial charge < -0.3 is 10.1 Å². The molecule has 0 heterocycles. The van der Waals surface area contributed by atoms with Crippen LogP contribution in [0.5, 0.6) is 0 Å². The molecule has 0 saturated carbocycles. The molecule has 0 radical (unpaired) electrons. The van der Waals surface area contributed by atoms with Crippen LogP contribution in [0.3, 0.4) is 0 Å². The molecule has 0 aliphatic rings. The zero-order valence-electron chi connectivity index (χ0n) is 8.73. The first-order chi connectivity index (χ1) is 5.85. The van der Waals surface area contributed by atoms with Crippen molar-refractivity contribution in [1.82, 2.24) is 5.32 Å². The van der Waals surface area contributed by atoms with Crippen LogP contribution in [0, 0.1) is 5.92 Å². The van der Waals surface area contributed by atoms with Gasteiger partial charge in [0.15, 0.2) is 0 Å². The van der Waals surface area contributed by atoms with Gasteiger partial charge in [-0.3, -0.25) is 0 Å². The van der Waals surface area contributed by atoms with E-state index in [0.29, 0.717) is 0 Å². The molecule has 0 aromatic rings. The second kappa shape index (κ2) is 9.01. The van der Waals surface area contributed by atoms with Crippen LogP contribution in [0.2, 0.25) is 0 Å². The topological polar surface area (TPSA) is 21.3 Å². The third kappa shape index (κ3) is 6.62. The molecule has 2 heteroatoms. The Morgan fingerprint density at radius 1 is 1.33 bits per heavy atom. The normalized spacial score (nSPS) is 13.2. The van der Waals surface area contributed by atoms with E-state index in [2.05, 4.69) is 12.2 Å². The maximum atomic E-state index is 5.03. The fourth-order valence-corrected chi connectivity index (χ4v) is 1.56. The minimum absolute atomic E-state index is 0.843. The van der Waals surface area contributed by atoms with Crippen LogP contribution in [0.4, 0.5) is 0 Å². The number of methoxy groups -OCH3 is 1. The largest absolute Gasteiger partial charge is 0.385 e. The van der Waals surface area contributed by atoms with Crippen LogP contribution in [0.25, 0.3) is 0 Å². The molecule has 0 amide bonds. The summed E-state index contributed by atoms with van der Waals surface area (Å²) in [6.45, 7) is 4.31. The third-order valence-corrected chi connectivity index (χ3v) is 2.15. The number of hydrogen-bond donors (Lipinski definition) is 1. The summed E-state index contributed by atoms with van der Waals surface area (Å²) in [6.07, 6.45) is 5.12. The average molecular weight is 173 g/mol. The molecule has 0 rings (SSSR count). The van der Waals surface area contributed by atoms with E-state index in [9.17, 15) is 0 Å². The summed E-state index contributed by atoms with van der Waals surface area (Å²) in [5.41, 5.74) is 0. The lowest BCUT2D eigenvalue weighted by Crippen LogP contribution is -2.19. The molecule has 0 aromatic carbocycles. The summed E-state index contributed by atoms with van der Waals surface area (Å²) in [5.74, 6) is 0.843. The van der Waals surface area contributed by atoms with Gasteiger partial charge in [-0.1, -0.05) is 13.3 Å². The smallest absolute Gasteiger partial charge is 0.0462 e. The van der Waals surface area contributed by atoms with Crippen molar-refractivity contribution < 1.29 is 4.74 Å². The second-order valence-electron chi connectivity index (χ2n) is 3.35. The fourth-order valence-electron chi connectivity index (χ4n) is 1.56. The second-order valence-corrected chi connectivity index (χ2v) is 3.35. The van der Waals surface area contributed by atoms with Gasteiger partial charge in [0.2, 0.25) is 0 Å². The minimum atomic E-state index is 0.843. The molecular weight excluding hydrogens is 150 g/mol. The van der Waals surface area contributed by atoms with E-state index in [1.54, 1.807) is 7.11 Å².